The number of hydrogen-bond acceptors (Lipinski definition) is 3. The number of non-ortho nitro benzene ring substituents is 1. The molecule has 6 heteroatoms. The van der Waals surface area contributed by atoms with Gasteiger partial charge < -0.3 is 10.2 Å². The first-order valence-corrected chi connectivity index (χ1v) is 12.0. The van der Waals surface area contributed by atoms with Gasteiger partial charge in [0.05, 0.1) is 4.92 Å². The molecule has 4 rings (SSSR count). The molecule has 4 aromatic carbocycles. The second-order valence-electron chi connectivity index (χ2n) is 8.80. The summed E-state index contributed by atoms with van der Waals surface area (Å²) in [6, 6.07) is 34.5. The van der Waals surface area contributed by atoms with Crippen LogP contribution in [0.1, 0.15) is 34.6 Å². The zero-order chi connectivity index (χ0) is 25.3. The number of nitro groups is 1. The van der Waals surface area contributed by atoms with Crippen LogP contribution in [0.3, 0.4) is 0 Å². The Hall–Kier alpha value is -4.45. The Morgan fingerprint density at radius 2 is 1.39 bits per heavy atom. The number of carbonyl (C=O) groups is 1. The van der Waals surface area contributed by atoms with Crippen LogP contribution in [0.15, 0.2) is 109 Å². The fraction of sp³-hybridized carbons (Fsp3) is 0.167. The van der Waals surface area contributed by atoms with Gasteiger partial charge in [-0.2, -0.15) is 0 Å². The number of amides is 2. The Morgan fingerprint density at radius 3 is 1.92 bits per heavy atom. The van der Waals surface area contributed by atoms with Crippen molar-refractivity contribution in [3.05, 3.63) is 142 Å². The van der Waals surface area contributed by atoms with Crippen molar-refractivity contribution in [2.24, 2.45) is 0 Å². The van der Waals surface area contributed by atoms with Crippen molar-refractivity contribution in [3.8, 4) is 0 Å². The molecular weight excluding hydrogens is 450 g/mol. The van der Waals surface area contributed by atoms with Crippen molar-refractivity contribution < 1.29 is 9.72 Å². The van der Waals surface area contributed by atoms with Crippen LogP contribution in [0.2, 0.25) is 0 Å². The van der Waals surface area contributed by atoms with E-state index < -0.39 is 4.92 Å². The summed E-state index contributed by atoms with van der Waals surface area (Å²) in [6.07, 6.45) is 0.744. The first kappa shape index (κ1) is 24.7. The van der Waals surface area contributed by atoms with E-state index >= 15 is 0 Å². The molecule has 0 aliphatic heterocycles. The van der Waals surface area contributed by atoms with Crippen molar-refractivity contribution >= 4 is 17.4 Å². The maximum Gasteiger partial charge on any atom is 0.322 e. The van der Waals surface area contributed by atoms with Gasteiger partial charge in [0.1, 0.15) is 0 Å². The van der Waals surface area contributed by atoms with Crippen molar-refractivity contribution in [3.63, 3.8) is 0 Å². The van der Waals surface area contributed by atoms with Crippen molar-refractivity contribution in [1.82, 2.24) is 4.90 Å². The summed E-state index contributed by atoms with van der Waals surface area (Å²) in [6.45, 7) is 3.02. The molecule has 0 aliphatic rings. The van der Waals surface area contributed by atoms with E-state index in [1.807, 2.05) is 67.6 Å². The van der Waals surface area contributed by atoms with E-state index in [1.165, 1.54) is 23.3 Å². The number of nitrogens with zero attached hydrogens (tertiary/aromatic N) is 2. The van der Waals surface area contributed by atoms with Crippen molar-refractivity contribution in [2.45, 2.75) is 25.8 Å². The van der Waals surface area contributed by atoms with Crippen LogP contribution in [0.25, 0.3) is 0 Å². The molecule has 0 aliphatic carbocycles. The predicted molar refractivity (Wildman–Crippen MR) is 143 cm³/mol. The minimum Gasteiger partial charge on any atom is -0.320 e. The summed E-state index contributed by atoms with van der Waals surface area (Å²) in [5.74, 6) is 0.139. The van der Waals surface area contributed by atoms with Gasteiger partial charge >= 0.3 is 6.03 Å². The molecule has 0 aromatic heterocycles. The molecule has 0 unspecified atom stereocenters. The molecule has 182 valence electrons. The maximum atomic E-state index is 13.4. The highest BCUT2D eigenvalue weighted by atomic mass is 16.6. The SMILES string of the molecule is Cc1ccc(CN(CCC(c2ccccc2)c2ccccc2)C(=O)Nc2ccc([N+](=O)[O-])cc2)cc1. The molecule has 0 saturated carbocycles. The van der Waals surface area contributed by atoms with Gasteiger partial charge in [-0.1, -0.05) is 90.5 Å². The number of aryl methyl sites for hydroxylation is 1. The standard InChI is InChI=1S/C30H29N3O3/c1-23-12-14-24(15-13-23)22-32(30(34)31-27-16-18-28(19-17-27)33(35)36)21-20-29(25-8-4-2-5-9-25)26-10-6-3-7-11-26/h2-19,29H,20-22H2,1H3,(H,31,34). The predicted octanol–water partition coefficient (Wildman–Crippen LogP) is 7.16. The summed E-state index contributed by atoms with van der Waals surface area (Å²) in [4.78, 5) is 25.7. The van der Waals surface area contributed by atoms with Crippen LogP contribution in [-0.4, -0.2) is 22.4 Å². The minimum atomic E-state index is -0.456. The summed E-state index contributed by atoms with van der Waals surface area (Å²) in [5.41, 5.74) is 5.11. The summed E-state index contributed by atoms with van der Waals surface area (Å²) >= 11 is 0. The van der Waals surface area contributed by atoms with Gasteiger partial charge in [-0.05, 0) is 42.2 Å². The van der Waals surface area contributed by atoms with Gasteiger partial charge in [-0.25, -0.2) is 4.79 Å². The van der Waals surface area contributed by atoms with Crippen LogP contribution in [0, 0.1) is 17.0 Å². The van der Waals surface area contributed by atoms with Crippen molar-refractivity contribution in [1.29, 1.82) is 0 Å². The number of anilines is 1. The van der Waals surface area contributed by atoms with Gasteiger partial charge in [0.25, 0.3) is 5.69 Å². The molecule has 36 heavy (non-hydrogen) atoms. The molecule has 0 heterocycles. The van der Waals surface area contributed by atoms with E-state index in [1.54, 1.807) is 17.0 Å². The molecule has 2 amide bonds. The molecule has 6 nitrogen and oxygen atoms in total. The molecule has 0 atom stereocenters. The van der Waals surface area contributed by atoms with Gasteiger partial charge in [0.2, 0.25) is 0 Å². The lowest BCUT2D eigenvalue weighted by Gasteiger charge is -2.26. The van der Waals surface area contributed by atoms with E-state index in [0.717, 1.165) is 17.5 Å². The number of benzene rings is 4. The summed E-state index contributed by atoms with van der Waals surface area (Å²) in [7, 11) is 0. The van der Waals surface area contributed by atoms with Crippen LogP contribution >= 0.6 is 0 Å². The first-order valence-electron chi connectivity index (χ1n) is 12.0. The third-order valence-electron chi connectivity index (χ3n) is 6.20. The average molecular weight is 480 g/mol. The third kappa shape index (κ3) is 6.57. The largest absolute Gasteiger partial charge is 0.322 e. The molecule has 0 bridgehead atoms. The molecule has 0 spiro atoms. The second-order valence-corrected chi connectivity index (χ2v) is 8.80. The van der Waals surface area contributed by atoms with Crippen molar-refractivity contribution in [2.75, 3.05) is 11.9 Å². The first-order chi connectivity index (χ1) is 17.5. The zero-order valence-electron chi connectivity index (χ0n) is 20.2. The van der Waals surface area contributed by atoms with Gasteiger partial charge in [-0.3, -0.25) is 10.1 Å². The molecular formula is C30H29N3O3. The number of carbonyl (C=O) groups excluding carboxylic acids is 1. The van der Waals surface area contributed by atoms with Crippen LogP contribution in [0.4, 0.5) is 16.2 Å². The van der Waals surface area contributed by atoms with Gasteiger partial charge in [0.15, 0.2) is 0 Å². The second kappa shape index (κ2) is 11.8. The lowest BCUT2D eigenvalue weighted by molar-refractivity contribution is -0.384. The van der Waals surface area contributed by atoms with Gasteiger partial charge in [-0.15, -0.1) is 0 Å². The Labute approximate surface area is 211 Å². The van der Waals surface area contributed by atoms with E-state index in [-0.39, 0.29) is 17.6 Å². The van der Waals surface area contributed by atoms with Gasteiger partial charge in [0, 0.05) is 36.8 Å². The number of nitro benzene ring substituents is 1. The molecule has 0 saturated heterocycles. The zero-order valence-corrected chi connectivity index (χ0v) is 20.2. The summed E-state index contributed by atoms with van der Waals surface area (Å²) in [5, 5.41) is 13.9. The molecule has 4 aromatic rings. The highest BCUT2D eigenvalue weighted by Crippen LogP contribution is 2.28. The topological polar surface area (TPSA) is 75.5 Å². The summed E-state index contributed by atoms with van der Waals surface area (Å²) < 4.78 is 0. The third-order valence-corrected chi connectivity index (χ3v) is 6.20. The Morgan fingerprint density at radius 1 is 0.833 bits per heavy atom. The molecule has 0 radical (unpaired) electrons. The number of rotatable bonds is 9. The van der Waals surface area contributed by atoms with Crippen LogP contribution in [-0.2, 0) is 6.54 Å². The Balaban J connectivity index is 1.55. The Kier molecular flexibility index (Phi) is 8.08. The number of hydrogen-bond donors (Lipinski definition) is 1. The normalized spacial score (nSPS) is 10.7. The highest BCUT2D eigenvalue weighted by molar-refractivity contribution is 5.89. The maximum absolute atomic E-state index is 13.4. The fourth-order valence-electron chi connectivity index (χ4n) is 4.22. The molecule has 1 N–H and O–H groups in total. The monoisotopic (exact) mass is 479 g/mol. The van der Waals surface area contributed by atoms with E-state index in [0.29, 0.717) is 18.8 Å². The highest BCUT2D eigenvalue weighted by Gasteiger charge is 2.20. The number of urea groups is 1. The lowest BCUT2D eigenvalue weighted by atomic mass is 9.88. The molecule has 0 fully saturated rings. The van der Waals surface area contributed by atoms with Crippen LogP contribution in [0.5, 0.6) is 0 Å². The van der Waals surface area contributed by atoms with E-state index in [2.05, 4.69) is 29.6 Å². The van der Waals surface area contributed by atoms with E-state index in [4.69, 9.17) is 0 Å². The lowest BCUT2D eigenvalue weighted by Crippen LogP contribution is -2.36. The minimum absolute atomic E-state index is 0.0157. The van der Waals surface area contributed by atoms with Crippen LogP contribution < -0.4 is 5.32 Å². The smallest absolute Gasteiger partial charge is 0.320 e. The average Bonchev–Trinajstić information content (AvgIpc) is 2.91. The fourth-order valence-corrected chi connectivity index (χ4v) is 4.22. The Bertz CT molecular complexity index is 1240. The number of nitrogens with one attached hydrogen (secondary N) is 1. The quantitative estimate of drug-likeness (QED) is 0.204. The van der Waals surface area contributed by atoms with E-state index in [9.17, 15) is 14.9 Å².